The van der Waals surface area contributed by atoms with Crippen molar-refractivity contribution in [1.29, 1.82) is 0 Å². The number of halogens is 5. The third-order valence-electron chi connectivity index (χ3n) is 6.97. The predicted octanol–water partition coefficient (Wildman–Crippen LogP) is 6.31. The van der Waals surface area contributed by atoms with Crippen LogP contribution in [0.5, 0.6) is 0 Å². The summed E-state index contributed by atoms with van der Waals surface area (Å²) >= 11 is 12.9. The molecule has 0 spiro atoms. The molecular formula is C27H25Cl2F3N2O4. The highest BCUT2D eigenvalue weighted by Gasteiger charge is 2.39. The number of aryl methyl sites for hydroxylation is 2. The minimum atomic E-state index is -4.55. The first-order valence-electron chi connectivity index (χ1n) is 11.9. The van der Waals surface area contributed by atoms with Crippen LogP contribution in [0.4, 0.5) is 13.2 Å². The lowest BCUT2D eigenvalue weighted by Gasteiger charge is -2.18. The van der Waals surface area contributed by atoms with Crippen LogP contribution in [0.25, 0.3) is 10.9 Å². The van der Waals surface area contributed by atoms with E-state index in [9.17, 15) is 27.6 Å². The van der Waals surface area contributed by atoms with Crippen LogP contribution in [0.15, 0.2) is 30.3 Å². The number of amides is 1. The summed E-state index contributed by atoms with van der Waals surface area (Å²) < 4.78 is 46.6. The molecule has 0 N–H and O–H groups in total. The molecule has 1 amide bonds. The second-order valence-corrected chi connectivity index (χ2v) is 10.3. The van der Waals surface area contributed by atoms with E-state index in [0.717, 1.165) is 12.1 Å². The summed E-state index contributed by atoms with van der Waals surface area (Å²) in [4.78, 5) is 40.7. The van der Waals surface area contributed by atoms with Crippen LogP contribution >= 0.6 is 23.2 Å². The molecule has 3 aromatic rings. The summed E-state index contributed by atoms with van der Waals surface area (Å²) in [6.45, 7) is 5.76. The van der Waals surface area contributed by atoms with Gasteiger partial charge in [0.15, 0.2) is 0 Å². The molecule has 4 rings (SSSR count). The van der Waals surface area contributed by atoms with Gasteiger partial charge in [-0.3, -0.25) is 14.4 Å². The normalized spacial score (nSPS) is 17.8. The number of benzene rings is 2. The van der Waals surface area contributed by atoms with Gasteiger partial charge in [0.05, 0.1) is 45.0 Å². The van der Waals surface area contributed by atoms with Crippen molar-refractivity contribution in [2.24, 2.45) is 18.9 Å². The summed E-state index contributed by atoms with van der Waals surface area (Å²) in [6.07, 6.45) is -4.55. The maximum atomic E-state index is 13.6. The van der Waals surface area contributed by atoms with Gasteiger partial charge in [0.2, 0.25) is 5.78 Å². The van der Waals surface area contributed by atoms with Gasteiger partial charge in [-0.05, 0) is 55.7 Å². The minimum absolute atomic E-state index is 0.00583. The zero-order chi connectivity index (χ0) is 28.1. The molecule has 1 aliphatic heterocycles. The molecule has 2 aromatic carbocycles. The van der Waals surface area contributed by atoms with Crippen molar-refractivity contribution in [3.63, 3.8) is 0 Å². The van der Waals surface area contributed by atoms with Crippen molar-refractivity contribution in [3.8, 4) is 0 Å². The highest BCUT2D eigenvalue weighted by Crippen LogP contribution is 2.37. The molecule has 11 heteroatoms. The van der Waals surface area contributed by atoms with Crippen molar-refractivity contribution in [2.75, 3.05) is 19.7 Å². The monoisotopic (exact) mass is 568 g/mol. The molecular weight excluding hydrogens is 544 g/mol. The molecule has 38 heavy (non-hydrogen) atoms. The zero-order valence-corrected chi connectivity index (χ0v) is 22.6. The first-order valence-corrected chi connectivity index (χ1v) is 12.7. The van der Waals surface area contributed by atoms with Crippen LogP contribution in [-0.2, 0) is 22.8 Å². The fourth-order valence-corrected chi connectivity index (χ4v) is 5.53. The Morgan fingerprint density at radius 2 is 1.79 bits per heavy atom. The van der Waals surface area contributed by atoms with E-state index in [1.54, 1.807) is 6.92 Å². The molecule has 2 heterocycles. The minimum Gasteiger partial charge on any atom is -0.466 e. The number of likely N-dealkylation sites (tertiary alicyclic amines) is 1. The van der Waals surface area contributed by atoms with E-state index in [1.807, 2.05) is 6.92 Å². The number of alkyl halides is 3. The average molecular weight is 569 g/mol. The summed E-state index contributed by atoms with van der Waals surface area (Å²) in [6, 6.07) is 6.28. The Hall–Kier alpha value is -3.04. The predicted molar refractivity (Wildman–Crippen MR) is 138 cm³/mol. The molecule has 0 aliphatic carbocycles. The van der Waals surface area contributed by atoms with E-state index in [2.05, 4.69) is 0 Å². The van der Waals surface area contributed by atoms with Crippen molar-refractivity contribution in [2.45, 2.75) is 26.9 Å². The highest BCUT2D eigenvalue weighted by molar-refractivity contribution is 6.42. The maximum absolute atomic E-state index is 13.6. The number of hydrogen-bond acceptors (Lipinski definition) is 4. The van der Waals surface area contributed by atoms with E-state index < -0.39 is 29.3 Å². The number of ether oxygens (including phenoxy) is 1. The molecule has 1 saturated heterocycles. The fourth-order valence-electron chi connectivity index (χ4n) is 4.90. The van der Waals surface area contributed by atoms with Gasteiger partial charge in [-0.15, -0.1) is 0 Å². The number of ketones is 1. The highest BCUT2D eigenvalue weighted by atomic mass is 35.5. The first kappa shape index (κ1) is 28.0. The Kier molecular flexibility index (Phi) is 7.56. The smallest absolute Gasteiger partial charge is 0.416 e. The number of fused-ring (bicyclic) bond motifs is 1. The van der Waals surface area contributed by atoms with E-state index in [1.165, 1.54) is 41.6 Å². The number of carbonyl (C=O) groups is 3. The summed E-state index contributed by atoms with van der Waals surface area (Å²) in [5, 5.41) is 0.297. The van der Waals surface area contributed by atoms with Gasteiger partial charge < -0.3 is 14.2 Å². The first-order chi connectivity index (χ1) is 17.8. The van der Waals surface area contributed by atoms with Crippen molar-refractivity contribution >= 4 is 51.8 Å². The SMILES string of the molecule is CCOC(=O)[C@H]1CN(C(=O)c2ccc(Cl)c(C(=O)c3cc4c(C)cc(C(F)(F)F)cc4n3C)c2Cl)C[C@H]1C. The lowest BCUT2D eigenvalue weighted by Crippen LogP contribution is -2.31. The van der Waals surface area contributed by atoms with Crippen LogP contribution in [0.1, 0.15) is 51.4 Å². The van der Waals surface area contributed by atoms with Gasteiger partial charge in [-0.1, -0.05) is 30.1 Å². The molecule has 1 fully saturated rings. The van der Waals surface area contributed by atoms with E-state index in [0.29, 0.717) is 17.5 Å². The van der Waals surface area contributed by atoms with Crippen molar-refractivity contribution in [3.05, 3.63) is 68.3 Å². The Labute approximate surface area is 227 Å². The van der Waals surface area contributed by atoms with Gasteiger partial charge in [0, 0.05) is 31.0 Å². The van der Waals surface area contributed by atoms with Gasteiger partial charge in [-0.2, -0.15) is 13.2 Å². The van der Waals surface area contributed by atoms with Crippen molar-refractivity contribution < 1.29 is 32.3 Å². The van der Waals surface area contributed by atoms with Gasteiger partial charge in [-0.25, -0.2) is 0 Å². The molecule has 0 bridgehead atoms. The van der Waals surface area contributed by atoms with Crippen LogP contribution in [0.3, 0.4) is 0 Å². The number of aromatic nitrogens is 1. The topological polar surface area (TPSA) is 68.6 Å². The number of rotatable bonds is 5. The molecule has 202 valence electrons. The lowest BCUT2D eigenvalue weighted by atomic mass is 9.99. The second kappa shape index (κ2) is 10.3. The second-order valence-electron chi connectivity index (χ2n) is 9.47. The zero-order valence-electron chi connectivity index (χ0n) is 21.1. The van der Waals surface area contributed by atoms with E-state index in [-0.39, 0.29) is 57.4 Å². The van der Waals surface area contributed by atoms with Gasteiger partial charge in [0.1, 0.15) is 0 Å². The number of carbonyl (C=O) groups excluding carboxylic acids is 3. The van der Waals surface area contributed by atoms with Gasteiger partial charge in [0.25, 0.3) is 5.91 Å². The Bertz CT molecular complexity index is 1460. The molecule has 6 nitrogen and oxygen atoms in total. The van der Waals surface area contributed by atoms with Crippen LogP contribution in [0, 0.1) is 18.8 Å². The Balaban J connectivity index is 1.72. The van der Waals surface area contributed by atoms with Crippen LogP contribution in [-0.4, -0.2) is 46.8 Å². The Morgan fingerprint density at radius 3 is 2.42 bits per heavy atom. The van der Waals surface area contributed by atoms with Crippen LogP contribution in [0.2, 0.25) is 10.0 Å². The molecule has 2 atom stereocenters. The molecule has 0 radical (unpaired) electrons. The third-order valence-corrected chi connectivity index (χ3v) is 7.67. The summed E-state index contributed by atoms with van der Waals surface area (Å²) in [5.74, 6) is -2.10. The molecule has 1 aliphatic rings. The molecule has 0 saturated carbocycles. The largest absolute Gasteiger partial charge is 0.466 e. The lowest BCUT2D eigenvalue weighted by molar-refractivity contribution is -0.148. The summed E-state index contributed by atoms with van der Waals surface area (Å²) in [7, 11) is 1.48. The standard InChI is InChI=1S/C27H25Cl2F3N2O4/c1-5-38-26(37)18-12-34(11-14(18)3)25(36)16-6-7-19(28)22(23(16)29)24(35)21-10-17-13(2)8-15(27(30,31)32)9-20(17)33(21)4/h6-10,14,18H,5,11-12H2,1-4H3/t14-,18+/m1/s1. The molecule has 1 aromatic heterocycles. The summed E-state index contributed by atoms with van der Waals surface area (Å²) in [5.41, 5.74) is -0.292. The number of hydrogen-bond donors (Lipinski definition) is 0. The van der Waals surface area contributed by atoms with Crippen LogP contribution < -0.4 is 0 Å². The maximum Gasteiger partial charge on any atom is 0.416 e. The fraction of sp³-hybridized carbons (Fsp3) is 0.370. The van der Waals surface area contributed by atoms with Crippen molar-refractivity contribution in [1.82, 2.24) is 9.47 Å². The van der Waals surface area contributed by atoms with Gasteiger partial charge >= 0.3 is 12.1 Å². The van der Waals surface area contributed by atoms with E-state index in [4.69, 9.17) is 27.9 Å². The number of esters is 1. The third kappa shape index (κ3) is 4.89. The quantitative estimate of drug-likeness (QED) is 0.267. The average Bonchev–Trinajstić information content (AvgIpc) is 3.39. The molecule has 0 unspecified atom stereocenters. The Morgan fingerprint density at radius 1 is 1.11 bits per heavy atom. The number of nitrogens with zero attached hydrogens (tertiary/aromatic N) is 2. The van der Waals surface area contributed by atoms with E-state index >= 15 is 0 Å².